The van der Waals surface area contributed by atoms with Gasteiger partial charge in [0.05, 0.1) is 0 Å². The van der Waals surface area contributed by atoms with Crippen LogP contribution >= 0.6 is 0 Å². The molecule has 0 N–H and O–H groups in total. The molecule has 0 aliphatic rings. The summed E-state index contributed by atoms with van der Waals surface area (Å²) in [5.74, 6) is -9.31. The molecule has 2 aromatic carbocycles. The van der Waals surface area contributed by atoms with E-state index in [4.69, 9.17) is 0 Å². The van der Waals surface area contributed by atoms with Crippen molar-refractivity contribution in [1.29, 1.82) is 0 Å². The van der Waals surface area contributed by atoms with Crippen molar-refractivity contribution in [2.45, 2.75) is 86.5 Å². The molecule has 0 saturated heterocycles. The Balaban J connectivity index is 2.92. The van der Waals surface area contributed by atoms with Crippen LogP contribution in [0.1, 0.15) is 70.4 Å². The number of unbranched alkanes of at least 4 members (excludes halogenated alkanes) is 3. The maximum atomic E-state index is 14.9. The number of rotatable bonds is 11. The van der Waals surface area contributed by atoms with E-state index in [0.717, 1.165) is 66.5 Å². The Bertz CT molecular complexity index is 888. The van der Waals surface area contributed by atoms with Crippen LogP contribution in [0.2, 0.25) is 13.3 Å². The van der Waals surface area contributed by atoms with E-state index < -0.39 is 53.0 Å². The summed E-state index contributed by atoms with van der Waals surface area (Å²) in [7, 11) is 0. The molecule has 0 aliphatic heterocycles. The predicted molar refractivity (Wildman–Crippen MR) is 126 cm³/mol. The van der Waals surface area contributed by atoms with Gasteiger partial charge in [-0.25, -0.2) is 0 Å². The molecule has 0 spiro atoms. The van der Waals surface area contributed by atoms with Crippen molar-refractivity contribution < 1.29 is 22.0 Å². The molecule has 32 heavy (non-hydrogen) atoms. The van der Waals surface area contributed by atoms with Gasteiger partial charge >= 0.3 is 194 Å². The second-order valence-corrected chi connectivity index (χ2v) is 22.1. The Morgan fingerprint density at radius 3 is 1.38 bits per heavy atom. The Hall–Kier alpha value is -1.11. The molecule has 0 heterocycles. The Morgan fingerprint density at radius 2 is 0.969 bits per heavy atom. The maximum absolute atomic E-state index is 14.9. The summed E-state index contributed by atoms with van der Waals surface area (Å²) < 4.78 is 76.0. The molecule has 0 radical (unpaired) electrons. The fourth-order valence-corrected chi connectivity index (χ4v) is 21.6. The van der Waals surface area contributed by atoms with E-state index in [1.54, 1.807) is 6.07 Å². The quantitative estimate of drug-likeness (QED) is 0.111. The monoisotopic (exact) mass is 562 g/mol. The van der Waals surface area contributed by atoms with Crippen LogP contribution in [0.15, 0.2) is 12.1 Å². The van der Waals surface area contributed by atoms with Crippen LogP contribution in [-0.2, 0) is 0 Å². The van der Waals surface area contributed by atoms with Crippen molar-refractivity contribution in [2.24, 2.45) is 0 Å². The van der Waals surface area contributed by atoms with Crippen LogP contribution in [-0.4, -0.2) is 18.4 Å². The molecule has 0 nitrogen and oxygen atoms in total. The minimum atomic E-state index is -3.26. The number of hydrogen-bond donors (Lipinski definition) is 0. The van der Waals surface area contributed by atoms with E-state index in [1.807, 2.05) is 19.9 Å². The van der Waals surface area contributed by atoms with Crippen LogP contribution in [0, 0.1) is 42.9 Å². The van der Waals surface area contributed by atoms with E-state index in [0.29, 0.717) is 0 Å². The number of hydrogen-bond acceptors (Lipinski definition) is 0. The molecule has 178 valence electrons. The third-order valence-corrected chi connectivity index (χ3v) is 22.4. The standard InChI is InChI=1S/C14H8F5.3C4H9.Sn/c1-6-3-4-8(5-7(6)2)9-10(15)12(17)14(19)13(18)11(9)16;3*1-3-4-2;/h3,5H,1-2H3;3*1,3-4H2,2H3;. The second kappa shape index (κ2) is 11.8. The van der Waals surface area contributed by atoms with Crippen LogP contribution in [0.25, 0.3) is 11.1 Å². The molecule has 2 rings (SSSR count). The summed E-state index contributed by atoms with van der Waals surface area (Å²) in [4.78, 5) is 0. The molecule has 0 fully saturated rings. The summed E-state index contributed by atoms with van der Waals surface area (Å²) in [5, 5.41) is 0. The van der Waals surface area contributed by atoms with Gasteiger partial charge in [-0.05, 0) is 0 Å². The fourth-order valence-electron chi connectivity index (χ4n) is 4.63. The van der Waals surface area contributed by atoms with E-state index in [2.05, 4.69) is 20.8 Å². The van der Waals surface area contributed by atoms with Crippen molar-refractivity contribution >= 4 is 22.0 Å². The van der Waals surface area contributed by atoms with Crippen molar-refractivity contribution in [3.05, 3.63) is 52.3 Å². The van der Waals surface area contributed by atoms with E-state index >= 15 is 0 Å². The molecule has 0 saturated carbocycles. The molecule has 0 aromatic heterocycles. The van der Waals surface area contributed by atoms with Crippen molar-refractivity contribution in [1.82, 2.24) is 0 Å². The zero-order valence-corrected chi connectivity index (χ0v) is 22.8. The zero-order valence-electron chi connectivity index (χ0n) is 19.9. The summed E-state index contributed by atoms with van der Waals surface area (Å²) in [5.41, 5.74) is 1.25. The fraction of sp³-hybridized carbons (Fsp3) is 0.538. The van der Waals surface area contributed by atoms with Crippen LogP contribution in [0.3, 0.4) is 0 Å². The van der Waals surface area contributed by atoms with Crippen LogP contribution in [0.5, 0.6) is 0 Å². The van der Waals surface area contributed by atoms with E-state index in [1.165, 1.54) is 0 Å². The van der Waals surface area contributed by atoms with Gasteiger partial charge in [0.2, 0.25) is 0 Å². The SMILES string of the molecule is CCC[CH2][Sn]([CH2]CCC)([CH2]CCC)[c]1cc(C)c(C)cc1-c1c(F)c(F)c(F)c(F)c1F. The topological polar surface area (TPSA) is 0 Å². The van der Waals surface area contributed by atoms with E-state index in [-0.39, 0.29) is 5.56 Å². The van der Waals surface area contributed by atoms with Gasteiger partial charge in [-0.15, -0.1) is 0 Å². The van der Waals surface area contributed by atoms with Crippen molar-refractivity contribution in [3.63, 3.8) is 0 Å². The number of halogens is 5. The molecule has 0 bridgehead atoms. The molecule has 0 unspecified atom stereocenters. The van der Waals surface area contributed by atoms with Gasteiger partial charge in [0.25, 0.3) is 0 Å². The molecule has 0 atom stereocenters. The molecule has 0 amide bonds. The van der Waals surface area contributed by atoms with Crippen molar-refractivity contribution in [3.8, 4) is 11.1 Å². The number of benzene rings is 2. The molecular formula is C26H35F5Sn. The van der Waals surface area contributed by atoms with Gasteiger partial charge in [-0.2, -0.15) is 0 Å². The summed E-state index contributed by atoms with van der Waals surface area (Å²) >= 11 is -3.26. The van der Waals surface area contributed by atoms with Crippen LogP contribution < -0.4 is 3.58 Å². The first-order valence-electron chi connectivity index (χ1n) is 11.8. The average Bonchev–Trinajstić information content (AvgIpc) is 2.78. The Morgan fingerprint density at radius 1 is 0.594 bits per heavy atom. The molecular weight excluding hydrogens is 526 g/mol. The number of aryl methyl sites for hydroxylation is 2. The van der Waals surface area contributed by atoms with Gasteiger partial charge in [0, 0.05) is 0 Å². The summed E-state index contributed by atoms with van der Waals surface area (Å²) in [6.07, 6.45) is 6.10. The van der Waals surface area contributed by atoms with Gasteiger partial charge in [-0.3, -0.25) is 0 Å². The third kappa shape index (κ3) is 5.50. The second-order valence-electron chi connectivity index (χ2n) is 9.02. The molecule has 0 aliphatic carbocycles. The third-order valence-electron chi connectivity index (χ3n) is 6.71. The van der Waals surface area contributed by atoms with Gasteiger partial charge in [0.15, 0.2) is 0 Å². The summed E-state index contributed by atoms with van der Waals surface area (Å²) in [6.45, 7) is 10.2. The van der Waals surface area contributed by atoms with Crippen LogP contribution in [0.4, 0.5) is 22.0 Å². The van der Waals surface area contributed by atoms with Crippen molar-refractivity contribution in [2.75, 3.05) is 0 Å². The normalized spacial score (nSPS) is 11.9. The first kappa shape index (κ1) is 27.1. The minimum absolute atomic E-state index is 0.222. The van der Waals surface area contributed by atoms with Gasteiger partial charge in [0.1, 0.15) is 0 Å². The van der Waals surface area contributed by atoms with Gasteiger partial charge < -0.3 is 0 Å². The predicted octanol–water partition coefficient (Wildman–Crippen LogP) is 8.72. The van der Waals surface area contributed by atoms with Gasteiger partial charge in [-0.1, -0.05) is 0 Å². The average molecular weight is 561 g/mol. The van der Waals surface area contributed by atoms with E-state index in [9.17, 15) is 22.0 Å². The summed E-state index contributed by atoms with van der Waals surface area (Å²) in [6, 6.07) is 3.66. The zero-order chi connectivity index (χ0) is 24.1. The molecule has 6 heteroatoms. The Kier molecular flexibility index (Phi) is 10.0. The molecule has 2 aromatic rings. The Labute approximate surface area is 193 Å². The first-order chi connectivity index (χ1) is 15.1. The first-order valence-corrected chi connectivity index (χ1v) is 19.3.